The van der Waals surface area contributed by atoms with Crippen molar-refractivity contribution < 1.29 is 4.74 Å². The molecule has 1 heterocycles. The second kappa shape index (κ2) is 7.53. The average Bonchev–Trinajstić information content (AvgIpc) is 3.05. The molecule has 3 nitrogen and oxygen atoms in total. The highest BCUT2D eigenvalue weighted by Gasteiger charge is 2.42. The molecule has 0 aliphatic heterocycles. The maximum Gasteiger partial charge on any atom is 0.0897 e. The summed E-state index contributed by atoms with van der Waals surface area (Å²) in [4.78, 5) is 4.64. The van der Waals surface area contributed by atoms with Crippen molar-refractivity contribution in [1.29, 1.82) is 0 Å². The Kier molecular flexibility index (Phi) is 6.00. The molecule has 1 N–H and O–H groups in total. The highest BCUT2D eigenvalue weighted by molar-refractivity contribution is 7.09. The summed E-state index contributed by atoms with van der Waals surface area (Å²) in [6, 6.07) is 0.395. The molecule has 1 unspecified atom stereocenters. The van der Waals surface area contributed by atoms with Gasteiger partial charge in [0.15, 0.2) is 0 Å². The maximum absolute atomic E-state index is 6.24. The molecular formula is C16H28N2OS. The third-order valence-corrected chi connectivity index (χ3v) is 5.06. The van der Waals surface area contributed by atoms with Gasteiger partial charge in [-0.2, -0.15) is 0 Å². The van der Waals surface area contributed by atoms with Gasteiger partial charge in [-0.1, -0.05) is 19.8 Å². The smallest absolute Gasteiger partial charge is 0.0897 e. The molecule has 20 heavy (non-hydrogen) atoms. The fraction of sp³-hybridized carbons (Fsp3) is 0.812. The van der Waals surface area contributed by atoms with E-state index in [0.29, 0.717) is 6.04 Å². The molecule has 1 fully saturated rings. The molecular weight excluding hydrogens is 268 g/mol. The van der Waals surface area contributed by atoms with E-state index in [0.717, 1.165) is 31.0 Å². The second-order valence-electron chi connectivity index (χ2n) is 5.77. The van der Waals surface area contributed by atoms with E-state index in [9.17, 15) is 0 Å². The van der Waals surface area contributed by atoms with Crippen LogP contribution in [0.15, 0.2) is 5.38 Å². The SMILES string of the molecule is CCCNC(Cc1csc(C)n1)C1(OCC)CCCC1. The Morgan fingerprint density at radius 2 is 2.15 bits per heavy atom. The Hall–Kier alpha value is -0.450. The Morgan fingerprint density at radius 1 is 1.40 bits per heavy atom. The van der Waals surface area contributed by atoms with Gasteiger partial charge in [-0.15, -0.1) is 11.3 Å². The summed E-state index contributed by atoms with van der Waals surface area (Å²) in [5.41, 5.74) is 1.24. The first kappa shape index (κ1) is 15.9. The Morgan fingerprint density at radius 3 is 2.70 bits per heavy atom. The van der Waals surface area contributed by atoms with Gasteiger partial charge in [-0.3, -0.25) is 0 Å². The van der Waals surface area contributed by atoms with Crippen LogP contribution >= 0.6 is 11.3 Å². The van der Waals surface area contributed by atoms with Crippen molar-refractivity contribution in [3.05, 3.63) is 16.1 Å². The summed E-state index contributed by atoms with van der Waals surface area (Å²) >= 11 is 1.75. The van der Waals surface area contributed by atoms with Gasteiger partial charge in [0.05, 0.1) is 16.3 Å². The van der Waals surface area contributed by atoms with Crippen molar-refractivity contribution in [3.8, 4) is 0 Å². The predicted molar refractivity (Wildman–Crippen MR) is 85.5 cm³/mol. The molecule has 0 radical (unpaired) electrons. The summed E-state index contributed by atoms with van der Waals surface area (Å²) < 4.78 is 6.24. The zero-order valence-corrected chi connectivity index (χ0v) is 13.9. The van der Waals surface area contributed by atoms with E-state index in [2.05, 4.69) is 36.5 Å². The van der Waals surface area contributed by atoms with Crippen molar-refractivity contribution >= 4 is 11.3 Å². The summed E-state index contributed by atoms with van der Waals surface area (Å²) in [6.45, 7) is 8.28. The number of rotatable bonds is 8. The fourth-order valence-electron chi connectivity index (χ4n) is 3.33. The van der Waals surface area contributed by atoms with Crippen LogP contribution in [0.5, 0.6) is 0 Å². The van der Waals surface area contributed by atoms with Crippen LogP contribution in [0.4, 0.5) is 0 Å². The van der Waals surface area contributed by atoms with Crippen LogP contribution in [0.3, 0.4) is 0 Å². The van der Waals surface area contributed by atoms with E-state index in [-0.39, 0.29) is 5.60 Å². The first-order valence-corrected chi connectivity index (χ1v) is 8.86. The lowest BCUT2D eigenvalue weighted by Gasteiger charge is -2.38. The molecule has 2 rings (SSSR count). The lowest BCUT2D eigenvalue weighted by Crippen LogP contribution is -2.52. The van der Waals surface area contributed by atoms with E-state index in [1.165, 1.54) is 31.4 Å². The van der Waals surface area contributed by atoms with Gasteiger partial charge in [-0.05, 0) is 39.7 Å². The quantitative estimate of drug-likeness (QED) is 0.794. The summed E-state index contributed by atoms with van der Waals surface area (Å²) in [7, 11) is 0. The topological polar surface area (TPSA) is 34.2 Å². The van der Waals surface area contributed by atoms with Crippen LogP contribution < -0.4 is 5.32 Å². The molecule has 0 bridgehead atoms. The van der Waals surface area contributed by atoms with E-state index >= 15 is 0 Å². The molecule has 1 saturated carbocycles. The van der Waals surface area contributed by atoms with Gasteiger partial charge >= 0.3 is 0 Å². The molecule has 1 aliphatic carbocycles. The Labute approximate surface area is 127 Å². The van der Waals surface area contributed by atoms with Crippen LogP contribution in [-0.2, 0) is 11.2 Å². The predicted octanol–water partition coefficient (Wildman–Crippen LogP) is 3.71. The number of hydrogen-bond acceptors (Lipinski definition) is 4. The van der Waals surface area contributed by atoms with Crippen LogP contribution in [0.25, 0.3) is 0 Å². The molecule has 4 heteroatoms. The minimum atomic E-state index is 0.0292. The number of nitrogens with one attached hydrogen (secondary N) is 1. The lowest BCUT2D eigenvalue weighted by molar-refractivity contribution is -0.0614. The highest BCUT2D eigenvalue weighted by Crippen LogP contribution is 2.37. The number of aryl methyl sites for hydroxylation is 1. The van der Waals surface area contributed by atoms with Gasteiger partial charge in [0, 0.05) is 24.4 Å². The molecule has 114 valence electrons. The molecule has 1 aliphatic rings. The van der Waals surface area contributed by atoms with Crippen LogP contribution in [0, 0.1) is 6.92 Å². The van der Waals surface area contributed by atoms with Gasteiger partial charge in [0.25, 0.3) is 0 Å². The standard InChI is InChI=1S/C16H28N2OS/c1-4-10-17-15(11-14-12-20-13(3)18-14)16(19-5-2)8-6-7-9-16/h12,15,17H,4-11H2,1-3H3. The molecule has 0 saturated heterocycles. The van der Waals surface area contributed by atoms with Crippen LogP contribution in [0.2, 0.25) is 0 Å². The number of thiazole rings is 1. The molecule has 1 aromatic heterocycles. The molecule has 0 amide bonds. The summed E-state index contributed by atoms with van der Waals surface area (Å²) in [6.07, 6.45) is 7.11. The normalized spacial score (nSPS) is 19.4. The maximum atomic E-state index is 6.24. The van der Waals surface area contributed by atoms with Crippen molar-refractivity contribution in [2.24, 2.45) is 0 Å². The first-order valence-electron chi connectivity index (χ1n) is 7.98. The average molecular weight is 296 g/mol. The van der Waals surface area contributed by atoms with Crippen molar-refractivity contribution in [2.45, 2.75) is 70.9 Å². The van der Waals surface area contributed by atoms with Gasteiger partial charge in [0.2, 0.25) is 0 Å². The number of ether oxygens (including phenoxy) is 1. The summed E-state index contributed by atoms with van der Waals surface area (Å²) in [5, 5.41) is 7.09. The van der Waals surface area contributed by atoms with Gasteiger partial charge in [0.1, 0.15) is 0 Å². The number of nitrogens with zero attached hydrogens (tertiary/aromatic N) is 1. The Balaban J connectivity index is 2.12. The van der Waals surface area contributed by atoms with Crippen LogP contribution in [-0.4, -0.2) is 29.8 Å². The molecule has 1 atom stereocenters. The van der Waals surface area contributed by atoms with Crippen molar-refractivity contribution in [2.75, 3.05) is 13.2 Å². The number of hydrogen-bond donors (Lipinski definition) is 1. The molecule has 0 aromatic carbocycles. The fourth-order valence-corrected chi connectivity index (χ4v) is 3.95. The monoisotopic (exact) mass is 296 g/mol. The largest absolute Gasteiger partial charge is 0.374 e. The minimum Gasteiger partial charge on any atom is -0.374 e. The zero-order chi connectivity index (χ0) is 14.4. The third kappa shape index (κ3) is 3.80. The minimum absolute atomic E-state index is 0.0292. The van der Waals surface area contributed by atoms with E-state index < -0.39 is 0 Å². The van der Waals surface area contributed by atoms with Crippen molar-refractivity contribution in [1.82, 2.24) is 10.3 Å². The Bertz CT molecular complexity index is 399. The highest BCUT2D eigenvalue weighted by atomic mass is 32.1. The zero-order valence-electron chi connectivity index (χ0n) is 13.1. The van der Waals surface area contributed by atoms with Gasteiger partial charge < -0.3 is 10.1 Å². The lowest BCUT2D eigenvalue weighted by atomic mass is 9.88. The second-order valence-corrected chi connectivity index (χ2v) is 6.84. The number of aromatic nitrogens is 1. The van der Waals surface area contributed by atoms with Crippen molar-refractivity contribution in [3.63, 3.8) is 0 Å². The molecule has 1 aromatic rings. The third-order valence-electron chi connectivity index (χ3n) is 4.24. The summed E-state index contributed by atoms with van der Waals surface area (Å²) in [5.74, 6) is 0. The van der Waals surface area contributed by atoms with E-state index in [1.54, 1.807) is 11.3 Å². The van der Waals surface area contributed by atoms with Crippen LogP contribution in [0.1, 0.15) is 56.7 Å². The van der Waals surface area contributed by atoms with E-state index in [4.69, 9.17) is 4.74 Å². The first-order chi connectivity index (χ1) is 9.70. The molecule has 0 spiro atoms. The van der Waals surface area contributed by atoms with E-state index in [1.807, 2.05) is 0 Å². The van der Waals surface area contributed by atoms with Gasteiger partial charge in [-0.25, -0.2) is 4.98 Å².